The van der Waals surface area contributed by atoms with Gasteiger partial charge in [0.15, 0.2) is 17.3 Å². The van der Waals surface area contributed by atoms with Gasteiger partial charge in [-0.05, 0) is 42.5 Å². The van der Waals surface area contributed by atoms with E-state index in [2.05, 4.69) is 0 Å². The molecule has 10 nitrogen and oxygen atoms in total. The van der Waals surface area contributed by atoms with Crippen molar-refractivity contribution in [2.75, 3.05) is 45.1 Å². The molecular weight excluding hydrogens is 509 g/mol. The Hall–Kier alpha value is -3.82. The van der Waals surface area contributed by atoms with Gasteiger partial charge >= 0.3 is 7.60 Å². The highest BCUT2D eigenvalue weighted by molar-refractivity contribution is 7.60. The normalized spacial score (nSPS) is 11.5. The highest BCUT2D eigenvalue weighted by Crippen LogP contribution is 2.44. The molecule has 0 radical (unpaired) electrons. The van der Waals surface area contributed by atoms with Gasteiger partial charge in [0.2, 0.25) is 5.89 Å². The summed E-state index contributed by atoms with van der Waals surface area (Å²) < 4.78 is 24.0. The fourth-order valence-electron chi connectivity index (χ4n) is 4.04. The van der Waals surface area contributed by atoms with Crippen LogP contribution in [0.1, 0.15) is 5.56 Å². The van der Waals surface area contributed by atoms with Crippen LogP contribution in [0.3, 0.4) is 0 Å². The Balaban J connectivity index is 2.00. The average molecular weight is 540 g/mol. The molecule has 0 fully saturated rings. The van der Waals surface area contributed by atoms with E-state index in [1.54, 1.807) is 31.1 Å². The van der Waals surface area contributed by atoms with Gasteiger partial charge in [-0.3, -0.25) is 4.57 Å². The number of aliphatic hydroxyl groups is 1. The van der Waals surface area contributed by atoms with Crippen LogP contribution < -0.4 is 19.8 Å². The van der Waals surface area contributed by atoms with Gasteiger partial charge in [0.25, 0.3) is 0 Å². The van der Waals surface area contributed by atoms with Crippen molar-refractivity contribution in [2.45, 2.75) is 6.61 Å². The van der Waals surface area contributed by atoms with Crippen LogP contribution in [0.15, 0.2) is 59.0 Å². The lowest BCUT2D eigenvalue weighted by Crippen LogP contribution is -2.14. The van der Waals surface area contributed by atoms with Gasteiger partial charge in [-0.25, -0.2) is 4.98 Å². The van der Waals surface area contributed by atoms with Crippen molar-refractivity contribution in [3.05, 3.63) is 60.2 Å². The Kier molecular flexibility index (Phi) is 7.53. The van der Waals surface area contributed by atoms with E-state index in [1.165, 1.54) is 25.3 Å². The van der Waals surface area contributed by atoms with E-state index < -0.39 is 14.2 Å². The summed E-state index contributed by atoms with van der Waals surface area (Å²) in [4.78, 5) is 28.9. The summed E-state index contributed by atoms with van der Waals surface area (Å²) in [5, 5.41) is 19.8. The summed E-state index contributed by atoms with van der Waals surface area (Å²) in [6, 6.07) is 15.3. The first-order chi connectivity index (χ1) is 17.9. The zero-order valence-corrected chi connectivity index (χ0v) is 22.6. The summed E-state index contributed by atoms with van der Waals surface area (Å²) in [6.45, 7) is -0.448. The summed E-state index contributed by atoms with van der Waals surface area (Å²) in [5.74, 6) is 0.203. The number of methoxy groups -OCH3 is 1. The quantitative estimate of drug-likeness (QED) is 0.244. The van der Waals surface area contributed by atoms with Gasteiger partial charge in [0.1, 0.15) is 5.69 Å². The van der Waals surface area contributed by atoms with Crippen molar-refractivity contribution in [2.24, 2.45) is 0 Å². The van der Waals surface area contributed by atoms with Crippen LogP contribution >= 0.6 is 7.60 Å². The second-order valence-corrected chi connectivity index (χ2v) is 10.7. The molecule has 4 rings (SSSR count). The minimum absolute atomic E-state index is 0.119. The van der Waals surface area contributed by atoms with Crippen LogP contribution in [0.4, 0.5) is 11.4 Å². The smallest absolute Gasteiger partial charge is 0.357 e. The SMILES string of the molecule is COc1cc(-c2nc(-c3ccc(N(C)C)cc3)c(-c3ccc(N(C)C)cc3P(=O)(O)O)o2)cc(CO)c1O. The number of aliphatic hydroxyl groups excluding tert-OH is 1. The molecule has 0 atom stereocenters. The Morgan fingerprint density at radius 2 is 1.55 bits per heavy atom. The predicted molar refractivity (Wildman–Crippen MR) is 147 cm³/mol. The molecule has 0 amide bonds. The second kappa shape index (κ2) is 10.5. The molecule has 0 saturated carbocycles. The number of aromatic hydroxyl groups is 1. The first-order valence-electron chi connectivity index (χ1n) is 11.6. The van der Waals surface area contributed by atoms with E-state index in [4.69, 9.17) is 14.1 Å². The fraction of sp³-hybridized carbons (Fsp3) is 0.222. The third-order valence-corrected chi connectivity index (χ3v) is 7.13. The lowest BCUT2D eigenvalue weighted by atomic mass is 10.0. The molecule has 1 aromatic heterocycles. The number of anilines is 2. The zero-order valence-electron chi connectivity index (χ0n) is 21.7. The highest BCUT2D eigenvalue weighted by Gasteiger charge is 2.29. The first kappa shape index (κ1) is 27.2. The number of nitrogens with zero attached hydrogens (tertiary/aromatic N) is 3. The number of hydrogen-bond acceptors (Lipinski definition) is 8. The number of benzene rings is 3. The highest BCUT2D eigenvalue weighted by atomic mass is 31.2. The Morgan fingerprint density at radius 3 is 2.11 bits per heavy atom. The van der Waals surface area contributed by atoms with Crippen LogP contribution in [0.2, 0.25) is 0 Å². The van der Waals surface area contributed by atoms with Crippen molar-refractivity contribution in [3.63, 3.8) is 0 Å². The van der Waals surface area contributed by atoms with E-state index in [0.29, 0.717) is 22.5 Å². The molecule has 0 aliphatic carbocycles. The van der Waals surface area contributed by atoms with E-state index >= 15 is 0 Å². The number of hydrogen-bond donors (Lipinski definition) is 4. The molecule has 0 unspecified atom stereocenters. The lowest BCUT2D eigenvalue weighted by Gasteiger charge is -2.17. The molecular formula is C27H30N3O7P. The topological polar surface area (TPSA) is 140 Å². The molecule has 0 aliphatic rings. The van der Waals surface area contributed by atoms with E-state index in [-0.39, 0.29) is 39.6 Å². The van der Waals surface area contributed by atoms with Gasteiger partial charge in [-0.15, -0.1) is 0 Å². The van der Waals surface area contributed by atoms with Gasteiger partial charge < -0.3 is 39.0 Å². The number of oxazole rings is 1. The van der Waals surface area contributed by atoms with Crippen LogP contribution in [0.5, 0.6) is 11.5 Å². The summed E-state index contributed by atoms with van der Waals surface area (Å²) in [5.41, 5.74) is 3.42. The molecule has 0 bridgehead atoms. The minimum Gasteiger partial charge on any atom is -0.504 e. The number of aromatic nitrogens is 1. The number of rotatable bonds is 8. The van der Waals surface area contributed by atoms with Crippen LogP contribution in [0, 0.1) is 0 Å². The molecule has 0 saturated heterocycles. The Morgan fingerprint density at radius 1 is 0.921 bits per heavy atom. The maximum Gasteiger partial charge on any atom is 0.357 e. The molecule has 1 heterocycles. The van der Waals surface area contributed by atoms with Gasteiger partial charge in [-0.2, -0.15) is 0 Å². The first-order valence-corrected chi connectivity index (χ1v) is 13.2. The number of phenols is 1. The maximum absolute atomic E-state index is 12.6. The molecule has 0 spiro atoms. The second-order valence-electron chi connectivity index (χ2n) is 9.12. The molecule has 11 heteroatoms. The zero-order chi connectivity index (χ0) is 27.8. The van der Waals surface area contributed by atoms with Crippen molar-refractivity contribution in [1.29, 1.82) is 0 Å². The van der Waals surface area contributed by atoms with Crippen molar-refractivity contribution >= 4 is 24.3 Å². The standard InChI is InChI=1S/C27H30N3O7P/c1-29(2)19-8-6-16(7-9-19)24-26(21-11-10-20(30(3)4)14-23(21)38(33,34)35)37-27(28-24)17-12-18(15-31)25(32)22(13-17)36-5/h6-14,31-32H,15H2,1-5H3,(H2,33,34,35). The molecule has 200 valence electrons. The molecule has 4 aromatic rings. The monoisotopic (exact) mass is 539 g/mol. The van der Waals surface area contributed by atoms with E-state index in [0.717, 1.165) is 5.69 Å². The van der Waals surface area contributed by atoms with Crippen molar-refractivity contribution < 1.29 is 33.7 Å². The third-order valence-electron chi connectivity index (χ3n) is 6.13. The lowest BCUT2D eigenvalue weighted by molar-refractivity contribution is 0.272. The fourth-order valence-corrected chi connectivity index (χ4v) is 4.83. The van der Waals surface area contributed by atoms with E-state index in [1.807, 2.05) is 43.3 Å². The molecule has 4 N–H and O–H groups in total. The summed E-state index contributed by atoms with van der Waals surface area (Å²) in [7, 11) is 4.06. The Labute approximate surface area is 220 Å². The predicted octanol–water partition coefficient (Wildman–Crippen LogP) is 3.82. The van der Waals surface area contributed by atoms with E-state index in [9.17, 15) is 24.6 Å². The van der Waals surface area contributed by atoms with Gasteiger partial charge in [-0.1, -0.05) is 12.1 Å². The Bertz CT molecular complexity index is 1480. The number of ether oxygens (including phenoxy) is 1. The summed E-state index contributed by atoms with van der Waals surface area (Å²) in [6.07, 6.45) is 0. The largest absolute Gasteiger partial charge is 0.504 e. The van der Waals surface area contributed by atoms with Gasteiger partial charge in [0.05, 0.1) is 19.0 Å². The maximum atomic E-state index is 12.6. The van der Waals surface area contributed by atoms with Gasteiger partial charge in [0, 0.05) is 61.8 Å². The van der Waals surface area contributed by atoms with Crippen molar-refractivity contribution in [3.8, 4) is 45.5 Å². The van der Waals surface area contributed by atoms with Crippen LogP contribution in [-0.2, 0) is 11.2 Å². The van der Waals surface area contributed by atoms with Crippen LogP contribution in [-0.4, -0.2) is 60.3 Å². The molecule has 3 aromatic carbocycles. The molecule has 38 heavy (non-hydrogen) atoms. The third kappa shape index (κ3) is 5.25. The minimum atomic E-state index is -4.72. The summed E-state index contributed by atoms with van der Waals surface area (Å²) >= 11 is 0. The average Bonchev–Trinajstić information content (AvgIpc) is 3.33. The van der Waals surface area contributed by atoms with Crippen molar-refractivity contribution in [1.82, 2.24) is 4.98 Å². The van der Waals surface area contributed by atoms with Crippen LogP contribution in [0.25, 0.3) is 34.0 Å². The molecule has 0 aliphatic heterocycles.